The van der Waals surface area contributed by atoms with Crippen molar-refractivity contribution in [3.05, 3.63) is 0 Å². The summed E-state index contributed by atoms with van der Waals surface area (Å²) in [5.41, 5.74) is 4.95. The van der Waals surface area contributed by atoms with Crippen molar-refractivity contribution in [2.24, 2.45) is 5.73 Å². The molecule has 0 saturated carbocycles. The highest BCUT2D eigenvalue weighted by Crippen LogP contribution is 2.35. The van der Waals surface area contributed by atoms with Gasteiger partial charge in [-0.3, -0.25) is 4.90 Å². The number of carbonyl (C=O) groups is 1. The van der Waals surface area contributed by atoms with Gasteiger partial charge in [-0.05, 0) is 32.7 Å². The van der Waals surface area contributed by atoms with Crippen molar-refractivity contribution in [1.82, 2.24) is 10.2 Å². The van der Waals surface area contributed by atoms with Crippen molar-refractivity contribution in [3.8, 4) is 0 Å². The van der Waals surface area contributed by atoms with Gasteiger partial charge < -0.3 is 15.8 Å². The van der Waals surface area contributed by atoms with Gasteiger partial charge in [0, 0.05) is 24.7 Å². The maximum Gasteiger partial charge on any atom is 0.404 e. The van der Waals surface area contributed by atoms with E-state index in [0.717, 1.165) is 6.54 Å². The molecule has 2 fully saturated rings. The Morgan fingerprint density at radius 1 is 1.44 bits per heavy atom. The Hall–Kier alpha value is -0.810. The highest BCUT2D eigenvalue weighted by molar-refractivity contribution is 5.64. The molecule has 2 saturated heterocycles. The Labute approximate surface area is 96.3 Å². The van der Waals surface area contributed by atoms with Gasteiger partial charge in [0.15, 0.2) is 0 Å². The van der Waals surface area contributed by atoms with Gasteiger partial charge in [0.1, 0.15) is 6.61 Å². The number of primary amides is 1. The number of nitrogens with one attached hydrogen (secondary N) is 1. The van der Waals surface area contributed by atoms with Crippen molar-refractivity contribution >= 4 is 6.09 Å². The smallest absolute Gasteiger partial charge is 0.404 e. The van der Waals surface area contributed by atoms with Crippen LogP contribution in [0, 0.1) is 0 Å². The lowest BCUT2D eigenvalue weighted by molar-refractivity contribution is 0.0829. The highest BCUT2D eigenvalue weighted by atomic mass is 16.5. The SMILES string of the molecule is CNC1CC2CCC(C1)N2CCOC(N)=O. The maximum absolute atomic E-state index is 10.5. The van der Waals surface area contributed by atoms with E-state index < -0.39 is 6.09 Å². The summed E-state index contributed by atoms with van der Waals surface area (Å²) in [6.45, 7) is 1.25. The van der Waals surface area contributed by atoms with E-state index in [1.54, 1.807) is 0 Å². The van der Waals surface area contributed by atoms with Crippen molar-refractivity contribution in [3.63, 3.8) is 0 Å². The number of nitrogens with zero attached hydrogens (tertiary/aromatic N) is 1. The molecule has 16 heavy (non-hydrogen) atoms. The molecule has 0 spiro atoms. The molecule has 5 heteroatoms. The first kappa shape index (κ1) is 11.7. The number of ether oxygens (including phenoxy) is 1. The summed E-state index contributed by atoms with van der Waals surface area (Å²) >= 11 is 0. The molecule has 0 aliphatic carbocycles. The molecule has 92 valence electrons. The quantitative estimate of drug-likeness (QED) is 0.724. The van der Waals surface area contributed by atoms with E-state index in [-0.39, 0.29) is 0 Å². The molecule has 2 bridgehead atoms. The minimum absolute atomic E-state index is 0.423. The Balaban J connectivity index is 1.81. The first-order valence-corrected chi connectivity index (χ1v) is 6.06. The zero-order valence-corrected chi connectivity index (χ0v) is 9.82. The van der Waals surface area contributed by atoms with E-state index in [1.807, 2.05) is 7.05 Å². The Morgan fingerprint density at radius 3 is 2.56 bits per heavy atom. The van der Waals surface area contributed by atoms with Crippen molar-refractivity contribution < 1.29 is 9.53 Å². The molecule has 0 aromatic heterocycles. The lowest BCUT2D eigenvalue weighted by atomic mass is 9.97. The summed E-state index contributed by atoms with van der Waals surface area (Å²) in [5.74, 6) is 0. The van der Waals surface area contributed by atoms with E-state index in [2.05, 4.69) is 10.2 Å². The molecule has 2 unspecified atom stereocenters. The number of piperidine rings is 1. The first-order valence-electron chi connectivity index (χ1n) is 6.06. The first-order chi connectivity index (χ1) is 7.70. The fourth-order valence-corrected chi connectivity index (χ4v) is 3.13. The predicted molar refractivity (Wildman–Crippen MR) is 61.1 cm³/mol. The van der Waals surface area contributed by atoms with Gasteiger partial charge in [0.2, 0.25) is 0 Å². The summed E-state index contributed by atoms with van der Waals surface area (Å²) in [5, 5.41) is 3.37. The van der Waals surface area contributed by atoms with Crippen molar-refractivity contribution in [2.75, 3.05) is 20.2 Å². The number of amides is 1. The molecular formula is C11H21N3O2. The average Bonchev–Trinajstić information content (AvgIpc) is 2.50. The summed E-state index contributed by atoms with van der Waals surface area (Å²) in [4.78, 5) is 13.0. The van der Waals surface area contributed by atoms with Crippen LogP contribution in [-0.2, 0) is 4.74 Å². The average molecular weight is 227 g/mol. The fraction of sp³-hybridized carbons (Fsp3) is 0.909. The van der Waals surface area contributed by atoms with Crippen LogP contribution in [0.3, 0.4) is 0 Å². The van der Waals surface area contributed by atoms with Crippen LogP contribution in [0.1, 0.15) is 25.7 Å². The molecule has 0 aromatic rings. The number of hydrogen-bond acceptors (Lipinski definition) is 4. The third-order valence-electron chi connectivity index (χ3n) is 3.89. The molecule has 3 N–H and O–H groups in total. The lowest BCUT2D eigenvalue weighted by Crippen LogP contribution is -2.49. The molecule has 0 aromatic carbocycles. The van der Waals surface area contributed by atoms with Gasteiger partial charge in [-0.2, -0.15) is 0 Å². The van der Waals surface area contributed by atoms with Crippen LogP contribution in [0.2, 0.25) is 0 Å². The van der Waals surface area contributed by atoms with Gasteiger partial charge >= 0.3 is 6.09 Å². The Kier molecular flexibility index (Phi) is 3.66. The van der Waals surface area contributed by atoms with Gasteiger partial charge in [-0.25, -0.2) is 4.79 Å². The summed E-state index contributed by atoms with van der Waals surface area (Å²) in [6, 6.07) is 1.98. The largest absolute Gasteiger partial charge is 0.448 e. The van der Waals surface area contributed by atoms with Crippen molar-refractivity contribution in [1.29, 1.82) is 0 Å². The molecule has 2 aliphatic heterocycles. The van der Waals surface area contributed by atoms with Gasteiger partial charge in [0.05, 0.1) is 0 Å². The van der Waals surface area contributed by atoms with Gasteiger partial charge in [-0.15, -0.1) is 0 Å². The zero-order valence-electron chi connectivity index (χ0n) is 9.82. The molecule has 0 radical (unpaired) electrons. The minimum atomic E-state index is -0.669. The van der Waals surface area contributed by atoms with Gasteiger partial charge in [-0.1, -0.05) is 0 Å². The monoisotopic (exact) mass is 227 g/mol. The second-order valence-corrected chi connectivity index (χ2v) is 4.75. The number of nitrogens with two attached hydrogens (primary N) is 1. The number of fused-ring (bicyclic) bond motifs is 2. The fourth-order valence-electron chi connectivity index (χ4n) is 3.13. The molecule has 5 nitrogen and oxygen atoms in total. The van der Waals surface area contributed by atoms with Crippen LogP contribution in [0.25, 0.3) is 0 Å². The second-order valence-electron chi connectivity index (χ2n) is 4.75. The predicted octanol–water partition coefficient (Wildman–Crippen LogP) is 0.297. The maximum atomic E-state index is 10.5. The van der Waals surface area contributed by atoms with E-state index in [1.165, 1.54) is 25.7 Å². The van der Waals surface area contributed by atoms with Crippen molar-refractivity contribution in [2.45, 2.75) is 43.8 Å². The molecule has 2 aliphatic rings. The normalized spacial score (nSPS) is 33.9. The van der Waals surface area contributed by atoms with Crippen LogP contribution >= 0.6 is 0 Å². The van der Waals surface area contributed by atoms with E-state index >= 15 is 0 Å². The molecule has 2 rings (SSSR count). The van der Waals surface area contributed by atoms with E-state index in [0.29, 0.717) is 24.7 Å². The van der Waals surface area contributed by atoms with Crippen LogP contribution in [-0.4, -0.2) is 49.3 Å². The van der Waals surface area contributed by atoms with Gasteiger partial charge in [0.25, 0.3) is 0 Å². The van der Waals surface area contributed by atoms with Crippen LogP contribution in [0.5, 0.6) is 0 Å². The summed E-state index contributed by atoms with van der Waals surface area (Å²) < 4.78 is 4.80. The number of rotatable bonds is 4. The van der Waals surface area contributed by atoms with E-state index in [9.17, 15) is 4.79 Å². The van der Waals surface area contributed by atoms with Crippen LogP contribution < -0.4 is 11.1 Å². The highest BCUT2D eigenvalue weighted by Gasteiger charge is 2.39. The minimum Gasteiger partial charge on any atom is -0.448 e. The molecule has 1 amide bonds. The zero-order chi connectivity index (χ0) is 11.5. The topological polar surface area (TPSA) is 67.6 Å². The van der Waals surface area contributed by atoms with E-state index in [4.69, 9.17) is 10.5 Å². The Bertz CT molecular complexity index is 246. The summed E-state index contributed by atoms with van der Waals surface area (Å²) in [7, 11) is 2.04. The second kappa shape index (κ2) is 5.01. The number of carbonyl (C=O) groups excluding carboxylic acids is 1. The van der Waals surface area contributed by atoms with Crippen LogP contribution in [0.15, 0.2) is 0 Å². The third kappa shape index (κ3) is 2.47. The standard InChI is InChI=1S/C11H21N3O2/c1-13-8-6-9-2-3-10(7-8)14(9)4-5-16-11(12)15/h8-10,13H,2-7H2,1H3,(H2,12,15). The molecule has 2 heterocycles. The Morgan fingerprint density at radius 2 is 2.06 bits per heavy atom. The lowest BCUT2D eigenvalue weighted by Gasteiger charge is -2.38. The molecular weight excluding hydrogens is 206 g/mol. The third-order valence-corrected chi connectivity index (χ3v) is 3.89. The number of hydrogen-bond donors (Lipinski definition) is 2. The van der Waals surface area contributed by atoms with Crippen LogP contribution in [0.4, 0.5) is 4.79 Å². The summed E-state index contributed by atoms with van der Waals surface area (Å²) in [6.07, 6.45) is 4.31. The molecule has 2 atom stereocenters.